The van der Waals surface area contributed by atoms with Crippen LogP contribution in [0.5, 0.6) is 0 Å². The van der Waals surface area contributed by atoms with Gasteiger partial charge in [0.05, 0.1) is 0 Å². The van der Waals surface area contributed by atoms with Crippen LogP contribution in [0.1, 0.15) is 49.0 Å². The number of hydrogen-bond acceptors (Lipinski definition) is 4. The lowest BCUT2D eigenvalue weighted by atomic mass is 9.98. The Morgan fingerprint density at radius 2 is 1.25 bits per heavy atom. The first kappa shape index (κ1) is 32.7. The zero-order valence-electron chi connectivity index (χ0n) is 24.5. The van der Waals surface area contributed by atoms with Gasteiger partial charge in [-0.2, -0.15) is 0 Å². The van der Waals surface area contributed by atoms with E-state index >= 15 is 0 Å². The fourth-order valence-electron chi connectivity index (χ4n) is 5.32. The number of hydrogen-bond donors (Lipinski definition) is 4. The lowest BCUT2D eigenvalue weighted by Gasteiger charge is -2.39. The summed E-state index contributed by atoms with van der Waals surface area (Å²) in [6.45, 7) is 0.365. The van der Waals surface area contributed by atoms with Crippen LogP contribution in [0.25, 0.3) is 11.1 Å². The predicted octanol–water partition coefficient (Wildman–Crippen LogP) is 6.80. The van der Waals surface area contributed by atoms with Crippen LogP contribution in [-0.4, -0.2) is 39.4 Å². The maximum Gasteiger partial charge on any atom is 0.352 e. The molecule has 1 unspecified atom stereocenters. The Balaban J connectivity index is 1.67. The van der Waals surface area contributed by atoms with Crippen molar-refractivity contribution >= 4 is 25.2 Å². The molecule has 0 saturated carbocycles. The summed E-state index contributed by atoms with van der Waals surface area (Å²) < 4.78 is 13.2. The molecule has 4 aromatic carbocycles. The number of carbonyl (C=O) groups excluding carboxylic acids is 1. The Labute approximate surface area is 258 Å². The monoisotopic (exact) mass is 614 g/mol. The van der Waals surface area contributed by atoms with E-state index in [1.54, 1.807) is 59.5 Å². The number of carboxylic acids is 1. The highest BCUT2D eigenvalue weighted by molar-refractivity contribution is 7.52. The van der Waals surface area contributed by atoms with Gasteiger partial charge in [0.2, 0.25) is 5.91 Å². The SMILES string of the molecule is O=C(O)CCCCCCNC(=O)[C@H](Cc1ccc(-c2ccccc2)cc1)N(c1ccccc1)C(c1ccccc1)P(=O)(O)O. The van der Waals surface area contributed by atoms with Gasteiger partial charge in [-0.1, -0.05) is 116 Å². The van der Waals surface area contributed by atoms with Crippen molar-refractivity contribution in [3.8, 4) is 11.1 Å². The molecule has 0 aliphatic rings. The number of nitrogens with zero attached hydrogens (tertiary/aromatic N) is 1. The molecule has 0 saturated heterocycles. The van der Waals surface area contributed by atoms with Crippen molar-refractivity contribution in [2.75, 3.05) is 11.4 Å². The van der Waals surface area contributed by atoms with Crippen LogP contribution >= 0.6 is 7.60 Å². The number of carbonyl (C=O) groups is 2. The first-order valence-corrected chi connectivity index (χ1v) is 16.5. The topological polar surface area (TPSA) is 127 Å². The van der Waals surface area contributed by atoms with E-state index in [0.29, 0.717) is 30.6 Å². The second-order valence-electron chi connectivity index (χ2n) is 10.7. The van der Waals surface area contributed by atoms with Crippen LogP contribution in [0.2, 0.25) is 0 Å². The lowest BCUT2D eigenvalue weighted by molar-refractivity contribution is -0.137. The molecule has 0 fully saturated rings. The van der Waals surface area contributed by atoms with Gasteiger partial charge in [0.1, 0.15) is 6.04 Å². The zero-order valence-corrected chi connectivity index (χ0v) is 25.4. The summed E-state index contributed by atoms with van der Waals surface area (Å²) in [5.41, 5.74) is 3.85. The fourth-order valence-corrected chi connectivity index (χ4v) is 6.50. The number of anilines is 1. The van der Waals surface area contributed by atoms with Crippen molar-refractivity contribution in [1.82, 2.24) is 5.32 Å². The maximum absolute atomic E-state index is 14.0. The van der Waals surface area contributed by atoms with Crippen LogP contribution < -0.4 is 10.2 Å². The Bertz CT molecular complexity index is 1510. The van der Waals surface area contributed by atoms with Crippen molar-refractivity contribution in [1.29, 1.82) is 0 Å². The van der Waals surface area contributed by atoms with Gasteiger partial charge < -0.3 is 25.1 Å². The molecule has 4 N–H and O–H groups in total. The smallest absolute Gasteiger partial charge is 0.352 e. The normalized spacial score (nSPS) is 12.7. The highest BCUT2D eigenvalue weighted by atomic mass is 31.2. The van der Waals surface area contributed by atoms with E-state index in [0.717, 1.165) is 29.5 Å². The van der Waals surface area contributed by atoms with Crippen LogP contribution in [0.4, 0.5) is 5.69 Å². The van der Waals surface area contributed by atoms with E-state index < -0.39 is 25.4 Å². The van der Waals surface area contributed by atoms with E-state index in [2.05, 4.69) is 5.32 Å². The Kier molecular flexibility index (Phi) is 11.9. The van der Waals surface area contributed by atoms with Gasteiger partial charge in [-0.15, -0.1) is 0 Å². The fraction of sp³-hybridized carbons (Fsp3) is 0.257. The number of para-hydroxylation sites is 1. The molecule has 0 bridgehead atoms. The van der Waals surface area contributed by atoms with Crippen molar-refractivity contribution in [2.45, 2.75) is 50.3 Å². The summed E-state index contributed by atoms with van der Waals surface area (Å²) in [5.74, 6) is -2.57. The average Bonchev–Trinajstić information content (AvgIpc) is 3.03. The molecule has 230 valence electrons. The van der Waals surface area contributed by atoms with Crippen LogP contribution in [0.3, 0.4) is 0 Å². The highest BCUT2D eigenvalue weighted by Crippen LogP contribution is 2.55. The third-order valence-electron chi connectivity index (χ3n) is 7.48. The second kappa shape index (κ2) is 16.0. The molecule has 4 rings (SSSR count). The van der Waals surface area contributed by atoms with Crippen LogP contribution in [0.15, 0.2) is 115 Å². The molecule has 44 heavy (non-hydrogen) atoms. The molecule has 4 aromatic rings. The highest BCUT2D eigenvalue weighted by Gasteiger charge is 2.42. The molecular formula is C35H39N2O6P. The number of carboxylic acid groups (broad SMARTS) is 1. The molecule has 0 aliphatic heterocycles. The molecule has 8 nitrogen and oxygen atoms in total. The summed E-state index contributed by atoms with van der Waals surface area (Å²) in [7, 11) is -4.82. The first-order valence-electron chi connectivity index (χ1n) is 14.8. The number of nitrogens with one attached hydrogen (secondary N) is 1. The minimum Gasteiger partial charge on any atom is -0.481 e. The molecule has 0 spiro atoms. The number of rotatable bonds is 16. The van der Waals surface area contributed by atoms with Gasteiger partial charge in [-0.3, -0.25) is 14.2 Å². The van der Waals surface area contributed by atoms with Gasteiger partial charge in [0, 0.05) is 25.1 Å². The minimum absolute atomic E-state index is 0.118. The molecule has 0 radical (unpaired) electrons. The number of aliphatic carboxylic acids is 1. The summed E-state index contributed by atoms with van der Waals surface area (Å²) in [6, 6.07) is 34.3. The average molecular weight is 615 g/mol. The van der Waals surface area contributed by atoms with Crippen LogP contribution in [0, 0.1) is 0 Å². The minimum atomic E-state index is -4.82. The molecule has 0 heterocycles. The number of amides is 1. The van der Waals surface area contributed by atoms with Crippen molar-refractivity contribution in [3.63, 3.8) is 0 Å². The van der Waals surface area contributed by atoms with Crippen molar-refractivity contribution < 1.29 is 29.0 Å². The van der Waals surface area contributed by atoms with Gasteiger partial charge in [0.15, 0.2) is 5.78 Å². The maximum atomic E-state index is 14.0. The summed E-state index contributed by atoms with van der Waals surface area (Å²) >= 11 is 0. The Morgan fingerprint density at radius 1 is 0.705 bits per heavy atom. The van der Waals surface area contributed by atoms with E-state index in [4.69, 9.17) is 5.11 Å². The van der Waals surface area contributed by atoms with Crippen LogP contribution in [-0.2, 0) is 20.6 Å². The van der Waals surface area contributed by atoms with Gasteiger partial charge in [-0.25, -0.2) is 0 Å². The first-order chi connectivity index (χ1) is 21.2. The van der Waals surface area contributed by atoms with E-state index in [9.17, 15) is 23.9 Å². The largest absolute Gasteiger partial charge is 0.481 e. The van der Waals surface area contributed by atoms with Gasteiger partial charge in [-0.05, 0) is 47.2 Å². The number of benzene rings is 4. The standard InChI is InChI=1S/C35H39N2O6P/c38-33(39)20-12-1-2-13-25-36-34(40)32(26-27-21-23-29(24-22-27)28-14-6-3-7-15-28)37(31-18-10-5-11-19-31)35(44(41,42)43)30-16-8-4-9-17-30/h3-11,14-19,21-24,32,35H,1-2,12-13,20,25-26H2,(H,36,40)(H,38,39)(H2,41,42,43)/t32-,35?/m0/s1. The summed E-state index contributed by atoms with van der Waals surface area (Å²) in [5, 5.41) is 11.9. The molecule has 9 heteroatoms. The van der Waals surface area contributed by atoms with Crippen molar-refractivity contribution in [3.05, 3.63) is 126 Å². The quantitative estimate of drug-likeness (QED) is 0.0808. The molecule has 2 atom stereocenters. The third-order valence-corrected chi connectivity index (χ3v) is 8.66. The summed E-state index contributed by atoms with van der Waals surface area (Å²) in [4.78, 5) is 47.9. The van der Waals surface area contributed by atoms with Gasteiger partial charge >= 0.3 is 13.6 Å². The summed E-state index contributed by atoms with van der Waals surface area (Å²) in [6.07, 6.45) is 3.06. The van der Waals surface area contributed by atoms with Crippen molar-refractivity contribution in [2.24, 2.45) is 0 Å². The predicted molar refractivity (Wildman–Crippen MR) is 173 cm³/mol. The third kappa shape index (κ3) is 9.38. The molecule has 0 aliphatic carbocycles. The zero-order chi connectivity index (χ0) is 31.4. The van der Waals surface area contributed by atoms with E-state index in [1.807, 2.05) is 60.7 Å². The van der Waals surface area contributed by atoms with E-state index in [1.165, 1.54) is 0 Å². The molecule has 0 aromatic heterocycles. The molecule has 1 amide bonds. The lowest BCUT2D eigenvalue weighted by Crippen LogP contribution is -2.50. The van der Waals surface area contributed by atoms with Gasteiger partial charge in [0.25, 0.3) is 0 Å². The number of unbranched alkanes of at least 4 members (excludes halogenated alkanes) is 3. The second-order valence-corrected chi connectivity index (χ2v) is 12.4. The molecular weight excluding hydrogens is 575 g/mol. The Morgan fingerprint density at radius 3 is 1.84 bits per heavy atom. The van der Waals surface area contributed by atoms with E-state index in [-0.39, 0.29) is 18.7 Å². The Hall–Kier alpha value is -4.23.